The Morgan fingerprint density at radius 1 is 1.12 bits per heavy atom. The van der Waals surface area contributed by atoms with E-state index in [0.717, 1.165) is 30.4 Å². The van der Waals surface area contributed by atoms with Gasteiger partial charge in [-0.3, -0.25) is 4.79 Å². The molecule has 0 radical (unpaired) electrons. The van der Waals surface area contributed by atoms with Gasteiger partial charge in [-0.15, -0.1) is 0 Å². The van der Waals surface area contributed by atoms with Crippen molar-refractivity contribution in [2.45, 2.75) is 65.7 Å². The van der Waals surface area contributed by atoms with Gasteiger partial charge in [0.1, 0.15) is 0 Å². The Bertz CT molecular complexity index is 1020. The van der Waals surface area contributed by atoms with Crippen LogP contribution in [0, 0.1) is 84.7 Å². The van der Waals surface area contributed by atoms with Crippen LogP contribution in [0.1, 0.15) is 65.7 Å². The lowest BCUT2D eigenvalue weighted by molar-refractivity contribution is -0.164. The molecular formula is C26H30N4O2. The Kier molecular flexibility index (Phi) is 5.74. The maximum atomic E-state index is 12.3. The van der Waals surface area contributed by atoms with Gasteiger partial charge in [0.2, 0.25) is 0 Å². The lowest BCUT2D eigenvalue weighted by atomic mass is 9.44. The molecule has 0 aromatic heterocycles. The summed E-state index contributed by atoms with van der Waals surface area (Å²) in [7, 11) is 0. The largest absolute Gasteiger partial charge is 0.481 e. The molecule has 3 rings (SSSR count). The zero-order valence-corrected chi connectivity index (χ0v) is 19.1. The minimum atomic E-state index is -1.79. The van der Waals surface area contributed by atoms with Crippen LogP contribution in [0.2, 0.25) is 0 Å². The average molecular weight is 431 g/mol. The standard InChI is InChI=1S/C26H30N4O2/c1-17-6-7-21-23(3,9-5-10-24(21,4)22(31)32)19(17)12-20-18(2)8-11-25(13-27,14-28)26(20,15-29)16-30/h8,19-21H,1,5-7,9-12H2,2-4H3,(H,31,32)/t19-,20+,21+,23+,24-/m0/s1. The highest BCUT2D eigenvalue weighted by Gasteiger charge is 2.63. The van der Waals surface area contributed by atoms with Gasteiger partial charge in [0, 0.05) is 12.3 Å². The summed E-state index contributed by atoms with van der Waals surface area (Å²) < 4.78 is 0. The van der Waals surface area contributed by atoms with Gasteiger partial charge in [0.25, 0.3) is 0 Å². The molecule has 0 aliphatic heterocycles. The minimum absolute atomic E-state index is 0.0418. The van der Waals surface area contributed by atoms with E-state index in [2.05, 4.69) is 25.6 Å². The fourth-order valence-corrected chi connectivity index (χ4v) is 7.16. The number of carboxylic acid groups (broad SMARTS) is 1. The van der Waals surface area contributed by atoms with Gasteiger partial charge in [-0.2, -0.15) is 21.0 Å². The second-order valence-corrected chi connectivity index (χ2v) is 10.5. The van der Waals surface area contributed by atoms with Crippen molar-refractivity contribution in [3.05, 3.63) is 23.8 Å². The molecule has 0 saturated heterocycles. The van der Waals surface area contributed by atoms with Gasteiger partial charge in [-0.1, -0.05) is 37.1 Å². The third-order valence-corrected chi connectivity index (χ3v) is 9.19. The number of aliphatic carboxylic acids is 1. The van der Waals surface area contributed by atoms with E-state index >= 15 is 0 Å². The number of allylic oxidation sites excluding steroid dienone is 3. The van der Waals surface area contributed by atoms with Gasteiger partial charge >= 0.3 is 5.97 Å². The van der Waals surface area contributed by atoms with Crippen LogP contribution in [0.5, 0.6) is 0 Å². The van der Waals surface area contributed by atoms with Gasteiger partial charge in [-0.25, -0.2) is 0 Å². The van der Waals surface area contributed by atoms with Crippen LogP contribution in [0.15, 0.2) is 23.8 Å². The fraction of sp³-hybridized carbons (Fsp3) is 0.654. The number of fused-ring (bicyclic) bond motifs is 1. The summed E-state index contributed by atoms with van der Waals surface area (Å²) in [5, 5.41) is 50.2. The van der Waals surface area contributed by atoms with Crippen molar-refractivity contribution in [2.75, 3.05) is 0 Å². The molecule has 166 valence electrons. The van der Waals surface area contributed by atoms with Crippen molar-refractivity contribution in [3.8, 4) is 24.3 Å². The normalized spacial score (nSPS) is 37.4. The molecule has 2 saturated carbocycles. The van der Waals surface area contributed by atoms with Crippen molar-refractivity contribution >= 4 is 5.97 Å². The van der Waals surface area contributed by atoms with Crippen molar-refractivity contribution in [3.63, 3.8) is 0 Å². The molecule has 6 nitrogen and oxygen atoms in total. The molecule has 0 unspecified atom stereocenters. The topological polar surface area (TPSA) is 132 Å². The molecule has 0 amide bonds. The van der Waals surface area contributed by atoms with Gasteiger partial charge in [-0.05, 0) is 63.2 Å². The first-order chi connectivity index (χ1) is 15.0. The van der Waals surface area contributed by atoms with Gasteiger partial charge in [0.15, 0.2) is 10.8 Å². The van der Waals surface area contributed by atoms with E-state index in [9.17, 15) is 30.9 Å². The lowest BCUT2D eigenvalue weighted by Gasteiger charge is -2.58. The summed E-state index contributed by atoms with van der Waals surface area (Å²) in [6.07, 6.45) is 6.03. The quantitative estimate of drug-likeness (QED) is 0.606. The van der Waals surface area contributed by atoms with Crippen LogP contribution < -0.4 is 0 Å². The Labute approximate surface area is 190 Å². The smallest absolute Gasteiger partial charge is 0.309 e. The first-order valence-corrected chi connectivity index (χ1v) is 11.2. The highest BCUT2D eigenvalue weighted by atomic mass is 16.4. The van der Waals surface area contributed by atoms with Crippen molar-refractivity contribution in [1.82, 2.24) is 0 Å². The number of carboxylic acids is 1. The molecule has 5 atom stereocenters. The van der Waals surface area contributed by atoms with Crippen LogP contribution in [-0.4, -0.2) is 11.1 Å². The Morgan fingerprint density at radius 3 is 2.28 bits per heavy atom. The molecule has 32 heavy (non-hydrogen) atoms. The van der Waals surface area contributed by atoms with E-state index < -0.39 is 28.1 Å². The van der Waals surface area contributed by atoms with Crippen molar-refractivity contribution in [2.24, 2.45) is 39.4 Å². The number of rotatable bonds is 3. The summed E-state index contributed by atoms with van der Waals surface area (Å²) in [5.74, 6) is -1.51. The van der Waals surface area contributed by atoms with Crippen LogP contribution in [0.25, 0.3) is 0 Å². The lowest BCUT2D eigenvalue weighted by Crippen LogP contribution is -2.55. The summed E-state index contributed by atoms with van der Waals surface area (Å²) in [6.45, 7) is 10.2. The van der Waals surface area contributed by atoms with E-state index in [0.29, 0.717) is 19.3 Å². The third-order valence-electron chi connectivity index (χ3n) is 9.19. The van der Waals surface area contributed by atoms with Crippen LogP contribution in [0.4, 0.5) is 0 Å². The van der Waals surface area contributed by atoms with E-state index in [1.807, 2.05) is 32.1 Å². The maximum Gasteiger partial charge on any atom is 0.309 e. The number of nitriles is 4. The molecular weight excluding hydrogens is 400 g/mol. The zero-order valence-electron chi connectivity index (χ0n) is 19.1. The highest BCUT2D eigenvalue weighted by molar-refractivity contribution is 5.75. The molecule has 2 fully saturated rings. The summed E-state index contributed by atoms with van der Waals surface area (Å²) in [6, 6.07) is 8.19. The second-order valence-electron chi connectivity index (χ2n) is 10.5. The summed E-state index contributed by atoms with van der Waals surface area (Å²) >= 11 is 0. The third kappa shape index (κ3) is 2.90. The minimum Gasteiger partial charge on any atom is -0.481 e. The molecule has 6 heteroatoms. The van der Waals surface area contributed by atoms with Crippen molar-refractivity contribution in [1.29, 1.82) is 21.0 Å². The number of hydrogen-bond donors (Lipinski definition) is 1. The molecule has 1 N–H and O–H groups in total. The van der Waals surface area contributed by atoms with E-state index in [1.54, 1.807) is 0 Å². The van der Waals surface area contributed by atoms with Crippen molar-refractivity contribution < 1.29 is 9.90 Å². The van der Waals surface area contributed by atoms with E-state index in [4.69, 9.17) is 0 Å². The molecule has 0 spiro atoms. The Balaban J connectivity index is 2.12. The Morgan fingerprint density at radius 2 is 1.75 bits per heavy atom. The number of hydrogen-bond acceptors (Lipinski definition) is 5. The predicted molar refractivity (Wildman–Crippen MR) is 117 cm³/mol. The molecule has 0 aromatic carbocycles. The number of nitrogens with zero attached hydrogens (tertiary/aromatic N) is 4. The summed E-state index contributed by atoms with van der Waals surface area (Å²) in [5.41, 5.74) is -2.83. The molecule has 0 bridgehead atoms. The average Bonchev–Trinajstić information content (AvgIpc) is 2.77. The first kappa shape index (κ1) is 23.6. The van der Waals surface area contributed by atoms with Gasteiger partial charge in [0.05, 0.1) is 29.7 Å². The maximum absolute atomic E-state index is 12.3. The second kappa shape index (κ2) is 7.80. The monoisotopic (exact) mass is 430 g/mol. The molecule has 0 heterocycles. The molecule has 3 aliphatic carbocycles. The molecule has 3 aliphatic rings. The molecule has 0 aromatic rings. The predicted octanol–water partition coefficient (Wildman–Crippen LogP) is 5.27. The fourth-order valence-electron chi connectivity index (χ4n) is 7.16. The Hall–Kier alpha value is -3.09. The van der Waals surface area contributed by atoms with Crippen LogP contribution >= 0.6 is 0 Å². The number of carbonyl (C=O) groups is 1. The van der Waals surface area contributed by atoms with E-state index in [-0.39, 0.29) is 23.7 Å². The highest BCUT2D eigenvalue weighted by Crippen LogP contribution is 2.64. The van der Waals surface area contributed by atoms with Gasteiger partial charge < -0.3 is 5.11 Å². The summed E-state index contributed by atoms with van der Waals surface area (Å²) in [4.78, 5) is 12.3. The van der Waals surface area contributed by atoms with E-state index in [1.165, 1.54) is 0 Å². The SMILES string of the molecule is C=C1CC[C@@H]2[C@](C)(CCC[C@]2(C)C(=O)O)[C@H]1C[C@@H]1C(C)=CCC(C#N)(C#N)C1(C#N)C#N. The van der Waals surface area contributed by atoms with Crippen LogP contribution in [-0.2, 0) is 4.79 Å². The van der Waals surface area contributed by atoms with Crippen LogP contribution in [0.3, 0.4) is 0 Å². The zero-order chi connectivity index (χ0) is 23.9. The first-order valence-electron chi connectivity index (χ1n) is 11.2.